The molecule has 1 rings (SSSR count). The second-order valence-corrected chi connectivity index (χ2v) is 3.85. The van der Waals surface area contributed by atoms with E-state index in [1.54, 1.807) is 0 Å². The van der Waals surface area contributed by atoms with Gasteiger partial charge in [0.2, 0.25) is 0 Å². The molecule has 13 heavy (non-hydrogen) atoms. The van der Waals surface area contributed by atoms with Crippen LogP contribution in [0.5, 0.6) is 0 Å². The predicted octanol–water partition coefficient (Wildman–Crippen LogP) is 2.86. The first-order valence-corrected chi connectivity index (χ1v) is 4.91. The van der Waals surface area contributed by atoms with Gasteiger partial charge in [-0.05, 0) is 25.3 Å². The molecule has 0 aromatic carbocycles. The van der Waals surface area contributed by atoms with E-state index in [0.717, 1.165) is 24.2 Å². The van der Waals surface area contributed by atoms with Crippen LogP contribution in [0.25, 0.3) is 0 Å². The fourth-order valence-corrected chi connectivity index (χ4v) is 1.27. The van der Waals surface area contributed by atoms with Gasteiger partial charge in [-0.1, -0.05) is 20.8 Å². The van der Waals surface area contributed by atoms with Crippen LogP contribution < -0.4 is 0 Å². The van der Waals surface area contributed by atoms with Gasteiger partial charge in [0.25, 0.3) is 0 Å². The molecule has 0 aliphatic carbocycles. The predicted molar refractivity (Wildman–Crippen MR) is 54.7 cm³/mol. The zero-order valence-corrected chi connectivity index (χ0v) is 8.96. The third kappa shape index (κ3) is 2.06. The SMILES string of the molecule is CCC(C)(CC)c1ncc(C)cn1. The molecule has 1 aromatic heterocycles. The molecule has 0 bridgehead atoms. The van der Waals surface area contributed by atoms with Crippen LogP contribution in [0.1, 0.15) is 45.0 Å². The van der Waals surface area contributed by atoms with E-state index in [0.29, 0.717) is 0 Å². The van der Waals surface area contributed by atoms with Gasteiger partial charge < -0.3 is 0 Å². The van der Waals surface area contributed by atoms with Crippen LogP contribution in [0.4, 0.5) is 0 Å². The molecule has 2 heteroatoms. The second-order valence-electron chi connectivity index (χ2n) is 3.85. The van der Waals surface area contributed by atoms with Crippen molar-refractivity contribution in [3.05, 3.63) is 23.8 Å². The maximum atomic E-state index is 4.38. The Morgan fingerprint density at radius 2 is 1.62 bits per heavy atom. The highest BCUT2D eigenvalue weighted by Gasteiger charge is 2.24. The molecular formula is C11H18N2. The van der Waals surface area contributed by atoms with Crippen molar-refractivity contribution in [1.29, 1.82) is 0 Å². The minimum atomic E-state index is 0.147. The van der Waals surface area contributed by atoms with E-state index in [-0.39, 0.29) is 5.41 Å². The van der Waals surface area contributed by atoms with E-state index >= 15 is 0 Å². The molecule has 0 aliphatic rings. The first kappa shape index (κ1) is 10.2. The summed E-state index contributed by atoms with van der Waals surface area (Å²) in [5.41, 5.74) is 1.27. The lowest BCUT2D eigenvalue weighted by atomic mass is 9.84. The summed E-state index contributed by atoms with van der Waals surface area (Å²) in [5.74, 6) is 0.975. The van der Waals surface area contributed by atoms with Crippen LogP contribution in [0, 0.1) is 6.92 Å². The summed E-state index contributed by atoms with van der Waals surface area (Å²) in [6, 6.07) is 0. The molecule has 0 radical (unpaired) electrons. The molecule has 1 heterocycles. The van der Waals surface area contributed by atoms with E-state index in [4.69, 9.17) is 0 Å². The Hall–Kier alpha value is -0.920. The summed E-state index contributed by atoms with van der Waals surface area (Å²) in [7, 11) is 0. The maximum Gasteiger partial charge on any atom is 0.134 e. The van der Waals surface area contributed by atoms with Crippen LogP contribution in [-0.2, 0) is 5.41 Å². The Kier molecular flexibility index (Phi) is 3.02. The molecular weight excluding hydrogens is 160 g/mol. The summed E-state index contributed by atoms with van der Waals surface area (Å²) in [4.78, 5) is 8.76. The van der Waals surface area contributed by atoms with Crippen molar-refractivity contribution in [2.75, 3.05) is 0 Å². The molecule has 0 saturated carbocycles. The average Bonchev–Trinajstić information content (AvgIpc) is 2.18. The van der Waals surface area contributed by atoms with Crippen molar-refractivity contribution in [1.82, 2.24) is 9.97 Å². The van der Waals surface area contributed by atoms with Crippen molar-refractivity contribution in [2.45, 2.75) is 46.0 Å². The average molecular weight is 178 g/mol. The molecule has 1 aromatic rings. The molecule has 0 unspecified atom stereocenters. The lowest BCUT2D eigenvalue weighted by Crippen LogP contribution is -2.22. The van der Waals surface area contributed by atoms with Gasteiger partial charge in [0.05, 0.1) is 0 Å². The minimum Gasteiger partial charge on any atom is -0.241 e. The normalized spacial score (nSPS) is 11.7. The van der Waals surface area contributed by atoms with E-state index < -0.39 is 0 Å². The zero-order valence-electron chi connectivity index (χ0n) is 8.96. The topological polar surface area (TPSA) is 25.8 Å². The fraction of sp³-hybridized carbons (Fsp3) is 0.636. The van der Waals surface area contributed by atoms with Crippen molar-refractivity contribution in [3.8, 4) is 0 Å². The van der Waals surface area contributed by atoms with Gasteiger partial charge in [-0.25, -0.2) is 9.97 Å². The lowest BCUT2D eigenvalue weighted by molar-refractivity contribution is 0.411. The highest BCUT2D eigenvalue weighted by molar-refractivity contribution is 5.09. The monoisotopic (exact) mass is 178 g/mol. The molecule has 0 saturated heterocycles. The number of nitrogens with zero attached hydrogens (tertiary/aromatic N) is 2. The smallest absolute Gasteiger partial charge is 0.134 e. The molecule has 0 spiro atoms. The van der Waals surface area contributed by atoms with E-state index in [2.05, 4.69) is 30.7 Å². The van der Waals surface area contributed by atoms with Crippen molar-refractivity contribution >= 4 is 0 Å². The first-order chi connectivity index (χ1) is 6.12. The molecule has 2 nitrogen and oxygen atoms in total. The van der Waals surface area contributed by atoms with E-state index in [1.165, 1.54) is 0 Å². The Bertz CT molecular complexity index is 260. The molecule has 72 valence electrons. The standard InChI is InChI=1S/C11H18N2/c1-5-11(4,6-2)10-12-7-9(3)8-13-10/h7-8H,5-6H2,1-4H3. The summed E-state index contributed by atoms with van der Waals surface area (Å²) < 4.78 is 0. The van der Waals surface area contributed by atoms with Gasteiger partial charge in [0.15, 0.2) is 0 Å². The summed E-state index contributed by atoms with van der Waals surface area (Å²) in [6.07, 6.45) is 5.97. The fourth-order valence-electron chi connectivity index (χ4n) is 1.27. The Balaban J connectivity index is 2.99. The van der Waals surface area contributed by atoms with Crippen LogP contribution in [0.3, 0.4) is 0 Å². The molecule has 0 atom stereocenters. The van der Waals surface area contributed by atoms with Gasteiger partial charge in [0, 0.05) is 17.8 Å². The lowest BCUT2D eigenvalue weighted by Gasteiger charge is -2.24. The number of aromatic nitrogens is 2. The van der Waals surface area contributed by atoms with Gasteiger partial charge in [-0.3, -0.25) is 0 Å². The highest BCUT2D eigenvalue weighted by atomic mass is 14.9. The molecule has 0 N–H and O–H groups in total. The Morgan fingerprint density at radius 1 is 1.15 bits per heavy atom. The van der Waals surface area contributed by atoms with Crippen molar-refractivity contribution < 1.29 is 0 Å². The maximum absolute atomic E-state index is 4.38. The third-order valence-electron chi connectivity index (χ3n) is 2.88. The quantitative estimate of drug-likeness (QED) is 0.711. The zero-order chi connectivity index (χ0) is 9.90. The Morgan fingerprint density at radius 3 is 2.00 bits per heavy atom. The Labute approximate surface area is 80.4 Å². The summed E-state index contributed by atoms with van der Waals surface area (Å²) >= 11 is 0. The third-order valence-corrected chi connectivity index (χ3v) is 2.88. The number of aryl methyl sites for hydroxylation is 1. The van der Waals surface area contributed by atoms with E-state index in [9.17, 15) is 0 Å². The largest absolute Gasteiger partial charge is 0.241 e. The van der Waals surface area contributed by atoms with Gasteiger partial charge in [-0.2, -0.15) is 0 Å². The second kappa shape index (κ2) is 3.86. The van der Waals surface area contributed by atoms with Gasteiger partial charge in [-0.15, -0.1) is 0 Å². The van der Waals surface area contributed by atoms with Crippen LogP contribution in [0.15, 0.2) is 12.4 Å². The van der Waals surface area contributed by atoms with Crippen LogP contribution in [0.2, 0.25) is 0 Å². The van der Waals surface area contributed by atoms with Gasteiger partial charge in [0.1, 0.15) is 5.82 Å². The van der Waals surface area contributed by atoms with Crippen molar-refractivity contribution in [2.24, 2.45) is 0 Å². The minimum absolute atomic E-state index is 0.147. The number of rotatable bonds is 3. The van der Waals surface area contributed by atoms with Crippen LogP contribution in [-0.4, -0.2) is 9.97 Å². The molecule has 0 amide bonds. The number of hydrogen-bond acceptors (Lipinski definition) is 2. The summed E-state index contributed by atoms with van der Waals surface area (Å²) in [5, 5.41) is 0. The van der Waals surface area contributed by atoms with Crippen LogP contribution >= 0.6 is 0 Å². The van der Waals surface area contributed by atoms with Gasteiger partial charge >= 0.3 is 0 Å². The number of hydrogen-bond donors (Lipinski definition) is 0. The first-order valence-electron chi connectivity index (χ1n) is 4.91. The summed E-state index contributed by atoms with van der Waals surface area (Å²) in [6.45, 7) is 8.61. The molecule has 0 aliphatic heterocycles. The van der Waals surface area contributed by atoms with Crippen molar-refractivity contribution in [3.63, 3.8) is 0 Å². The highest BCUT2D eigenvalue weighted by Crippen LogP contribution is 2.27. The van der Waals surface area contributed by atoms with E-state index in [1.807, 2.05) is 19.3 Å². The molecule has 0 fully saturated rings.